The second kappa shape index (κ2) is 6.49. The zero-order valence-corrected chi connectivity index (χ0v) is 12.9. The Morgan fingerprint density at radius 1 is 1.52 bits per heavy atom. The second-order valence-corrected chi connectivity index (χ2v) is 5.23. The summed E-state index contributed by atoms with van der Waals surface area (Å²) in [5.74, 6) is 0.543. The first kappa shape index (κ1) is 15.2. The van der Waals surface area contributed by atoms with Crippen molar-refractivity contribution >= 4 is 18.1 Å². The van der Waals surface area contributed by atoms with Crippen molar-refractivity contribution in [3.63, 3.8) is 0 Å². The van der Waals surface area contributed by atoms with Gasteiger partial charge in [-0.2, -0.15) is 5.10 Å². The van der Waals surface area contributed by atoms with E-state index < -0.39 is 0 Å². The fourth-order valence-electron chi connectivity index (χ4n) is 2.02. The molecule has 1 amide bonds. The SMILES string of the molecule is C=CCn1c([C@@H](C)NC(=O)c2ccc(C)cc2)n[nH]c1=S. The van der Waals surface area contributed by atoms with Crippen LogP contribution in [0.25, 0.3) is 0 Å². The van der Waals surface area contributed by atoms with E-state index in [4.69, 9.17) is 12.2 Å². The average molecular weight is 302 g/mol. The van der Waals surface area contributed by atoms with Crippen LogP contribution < -0.4 is 5.32 Å². The number of hydrogen-bond acceptors (Lipinski definition) is 3. The number of hydrogen-bond donors (Lipinski definition) is 2. The minimum atomic E-state index is -0.258. The fourth-order valence-corrected chi connectivity index (χ4v) is 2.23. The monoisotopic (exact) mass is 302 g/mol. The van der Waals surface area contributed by atoms with E-state index in [0.29, 0.717) is 22.7 Å². The van der Waals surface area contributed by atoms with E-state index in [0.717, 1.165) is 5.56 Å². The van der Waals surface area contributed by atoms with Crippen LogP contribution in [0.1, 0.15) is 34.7 Å². The van der Waals surface area contributed by atoms with Crippen LogP contribution in [-0.2, 0) is 6.54 Å². The molecule has 0 aliphatic carbocycles. The number of carbonyl (C=O) groups excluding carboxylic acids is 1. The van der Waals surface area contributed by atoms with Gasteiger partial charge in [-0.25, -0.2) is 0 Å². The highest BCUT2D eigenvalue weighted by atomic mass is 32.1. The number of rotatable bonds is 5. The van der Waals surface area contributed by atoms with Gasteiger partial charge in [-0.3, -0.25) is 14.5 Å². The minimum Gasteiger partial charge on any atom is -0.342 e. The maximum absolute atomic E-state index is 12.2. The molecule has 1 heterocycles. The molecule has 1 aromatic heterocycles. The molecule has 0 aliphatic rings. The predicted molar refractivity (Wildman–Crippen MR) is 84.7 cm³/mol. The lowest BCUT2D eigenvalue weighted by molar-refractivity contribution is 0.0937. The third-order valence-corrected chi connectivity index (χ3v) is 3.46. The number of carbonyl (C=O) groups is 1. The summed E-state index contributed by atoms with van der Waals surface area (Å²) in [6.45, 7) is 8.10. The molecule has 1 atom stereocenters. The number of benzene rings is 1. The van der Waals surface area contributed by atoms with Crippen molar-refractivity contribution < 1.29 is 4.79 Å². The van der Waals surface area contributed by atoms with E-state index in [1.54, 1.807) is 18.2 Å². The molecule has 6 heteroatoms. The van der Waals surface area contributed by atoms with E-state index in [9.17, 15) is 4.79 Å². The number of H-pyrrole nitrogens is 1. The van der Waals surface area contributed by atoms with Crippen LogP contribution in [0.15, 0.2) is 36.9 Å². The van der Waals surface area contributed by atoms with Crippen LogP contribution >= 0.6 is 12.2 Å². The topological polar surface area (TPSA) is 62.7 Å². The van der Waals surface area contributed by atoms with Crippen molar-refractivity contribution in [2.75, 3.05) is 0 Å². The first-order chi connectivity index (χ1) is 10.0. The maximum Gasteiger partial charge on any atom is 0.251 e. The van der Waals surface area contributed by atoms with Crippen molar-refractivity contribution in [3.05, 3.63) is 58.6 Å². The lowest BCUT2D eigenvalue weighted by Crippen LogP contribution is -2.28. The Kier molecular flexibility index (Phi) is 4.70. The van der Waals surface area contributed by atoms with Crippen molar-refractivity contribution in [2.45, 2.75) is 26.4 Å². The van der Waals surface area contributed by atoms with Crippen LogP contribution in [0, 0.1) is 11.7 Å². The van der Waals surface area contributed by atoms with E-state index in [-0.39, 0.29) is 11.9 Å². The smallest absolute Gasteiger partial charge is 0.251 e. The molecule has 5 nitrogen and oxygen atoms in total. The van der Waals surface area contributed by atoms with Crippen LogP contribution in [0.4, 0.5) is 0 Å². The van der Waals surface area contributed by atoms with Crippen LogP contribution in [0.3, 0.4) is 0 Å². The van der Waals surface area contributed by atoms with Gasteiger partial charge in [0.25, 0.3) is 5.91 Å². The summed E-state index contributed by atoms with van der Waals surface area (Å²) in [6, 6.07) is 7.17. The normalized spacial score (nSPS) is 11.9. The summed E-state index contributed by atoms with van der Waals surface area (Å²) >= 11 is 5.16. The molecule has 0 saturated carbocycles. The van der Waals surface area contributed by atoms with Gasteiger partial charge in [-0.05, 0) is 38.2 Å². The Bertz CT molecular complexity index is 699. The molecule has 1 aromatic carbocycles. The molecule has 0 spiro atoms. The summed E-state index contributed by atoms with van der Waals surface area (Å²) in [4.78, 5) is 12.2. The van der Waals surface area contributed by atoms with Gasteiger partial charge < -0.3 is 5.32 Å². The van der Waals surface area contributed by atoms with Crippen LogP contribution in [0.2, 0.25) is 0 Å². The Hall–Kier alpha value is -2.21. The van der Waals surface area contributed by atoms with E-state index >= 15 is 0 Å². The largest absolute Gasteiger partial charge is 0.342 e. The predicted octanol–water partition coefficient (Wildman–Crippen LogP) is 2.93. The van der Waals surface area contributed by atoms with Gasteiger partial charge in [0.05, 0.1) is 6.04 Å². The molecule has 0 saturated heterocycles. The molecule has 2 aromatic rings. The van der Waals surface area contributed by atoms with Crippen LogP contribution in [0.5, 0.6) is 0 Å². The third kappa shape index (κ3) is 3.46. The molecule has 0 unspecified atom stereocenters. The molecule has 0 fully saturated rings. The average Bonchev–Trinajstić information content (AvgIpc) is 2.81. The van der Waals surface area contributed by atoms with Crippen molar-refractivity contribution in [1.29, 1.82) is 0 Å². The molecule has 0 radical (unpaired) electrons. The van der Waals surface area contributed by atoms with Gasteiger partial charge in [0.2, 0.25) is 0 Å². The number of amides is 1. The van der Waals surface area contributed by atoms with Crippen molar-refractivity contribution in [2.24, 2.45) is 0 Å². The number of aryl methyl sites for hydroxylation is 1. The summed E-state index contributed by atoms with van der Waals surface area (Å²) in [7, 11) is 0. The summed E-state index contributed by atoms with van der Waals surface area (Å²) in [5, 5.41) is 9.84. The van der Waals surface area contributed by atoms with Crippen molar-refractivity contribution in [3.8, 4) is 0 Å². The standard InChI is InChI=1S/C15H18N4OS/c1-4-9-19-13(17-18-15(19)21)11(3)16-14(20)12-7-5-10(2)6-8-12/h4-8,11H,1,9H2,2-3H3,(H,16,20)(H,18,21)/t11-/m1/s1. The lowest BCUT2D eigenvalue weighted by Gasteiger charge is -2.14. The zero-order chi connectivity index (χ0) is 15.4. The van der Waals surface area contributed by atoms with Crippen molar-refractivity contribution in [1.82, 2.24) is 20.1 Å². The number of nitrogens with one attached hydrogen (secondary N) is 2. The van der Waals surface area contributed by atoms with Crippen LogP contribution in [-0.4, -0.2) is 20.7 Å². The third-order valence-electron chi connectivity index (χ3n) is 3.15. The highest BCUT2D eigenvalue weighted by Gasteiger charge is 2.16. The molecule has 0 bridgehead atoms. The molecular formula is C15H18N4OS. The van der Waals surface area contributed by atoms with E-state index in [1.165, 1.54) is 0 Å². The Morgan fingerprint density at radius 3 is 2.81 bits per heavy atom. The minimum absolute atomic E-state index is 0.137. The first-order valence-electron chi connectivity index (χ1n) is 6.66. The summed E-state index contributed by atoms with van der Waals surface area (Å²) in [5.41, 5.74) is 1.74. The Morgan fingerprint density at radius 2 is 2.19 bits per heavy atom. The number of allylic oxidation sites excluding steroid dienone is 1. The highest BCUT2D eigenvalue weighted by molar-refractivity contribution is 7.71. The van der Waals surface area contributed by atoms with Gasteiger partial charge in [-0.15, -0.1) is 6.58 Å². The number of aromatic amines is 1. The first-order valence-corrected chi connectivity index (χ1v) is 7.07. The Labute approximate surface area is 128 Å². The van der Waals surface area contributed by atoms with E-state index in [1.807, 2.05) is 30.5 Å². The van der Waals surface area contributed by atoms with Gasteiger partial charge in [0.15, 0.2) is 10.6 Å². The lowest BCUT2D eigenvalue weighted by atomic mass is 10.1. The van der Waals surface area contributed by atoms with Gasteiger partial charge in [0, 0.05) is 12.1 Å². The molecule has 0 aliphatic heterocycles. The number of aromatic nitrogens is 3. The molecule has 110 valence electrons. The summed E-state index contributed by atoms with van der Waals surface area (Å²) in [6.07, 6.45) is 1.74. The quantitative estimate of drug-likeness (QED) is 0.659. The molecule has 2 rings (SSSR count). The number of nitrogens with zero attached hydrogens (tertiary/aromatic N) is 2. The molecule has 2 N–H and O–H groups in total. The molecular weight excluding hydrogens is 284 g/mol. The van der Waals surface area contributed by atoms with Gasteiger partial charge >= 0.3 is 0 Å². The highest BCUT2D eigenvalue weighted by Crippen LogP contribution is 2.12. The van der Waals surface area contributed by atoms with E-state index in [2.05, 4.69) is 22.1 Å². The van der Waals surface area contributed by atoms with Gasteiger partial charge in [-0.1, -0.05) is 23.8 Å². The zero-order valence-electron chi connectivity index (χ0n) is 12.1. The second-order valence-electron chi connectivity index (χ2n) is 4.85. The molecule has 21 heavy (non-hydrogen) atoms. The maximum atomic E-state index is 12.2. The summed E-state index contributed by atoms with van der Waals surface area (Å²) < 4.78 is 2.32. The Balaban J connectivity index is 2.16. The fraction of sp³-hybridized carbons (Fsp3) is 0.267. The van der Waals surface area contributed by atoms with Gasteiger partial charge in [0.1, 0.15) is 0 Å².